The molecule has 3 heterocycles. The molecule has 2 atom stereocenters. The number of nitrogens with one attached hydrogen (secondary N) is 2. The van der Waals surface area contributed by atoms with Crippen LogP contribution in [0.4, 0.5) is 5.69 Å². The molecule has 0 amide bonds. The van der Waals surface area contributed by atoms with Crippen molar-refractivity contribution in [3.05, 3.63) is 21.6 Å². The maximum absolute atomic E-state index is 12.0. The van der Waals surface area contributed by atoms with Gasteiger partial charge in [0.2, 0.25) is 0 Å². The lowest BCUT2D eigenvalue weighted by atomic mass is 9.81. The highest BCUT2D eigenvalue weighted by molar-refractivity contribution is 6.29. The Morgan fingerprint density at radius 3 is 2.77 bits per heavy atom. The highest BCUT2D eigenvalue weighted by Crippen LogP contribution is 2.28. The van der Waals surface area contributed by atoms with E-state index in [1.54, 1.807) is 13.1 Å². The standard InChI is InChI=1S/C15H22ClN5O/c1-21-15(22)12(8-13(16)20-21)19-14-3-2-11(9-18-14)10-4-6-17-7-5-10/h8-11,14,17,19H,2-7H2,1H3. The van der Waals surface area contributed by atoms with Gasteiger partial charge < -0.3 is 10.6 Å². The first kappa shape index (κ1) is 15.5. The van der Waals surface area contributed by atoms with Gasteiger partial charge in [0, 0.05) is 19.3 Å². The third-order valence-electron chi connectivity index (χ3n) is 4.58. The molecule has 0 saturated carbocycles. The Bertz CT molecular complexity index is 608. The van der Waals surface area contributed by atoms with Crippen LogP contribution in [0.25, 0.3) is 0 Å². The van der Waals surface area contributed by atoms with Crippen LogP contribution in [-0.2, 0) is 7.05 Å². The normalized spacial score (nSPS) is 26.1. The molecule has 1 aromatic heterocycles. The maximum atomic E-state index is 12.0. The SMILES string of the molecule is Cn1nc(Cl)cc(NC2CCC(C3CCNCC3)C=N2)c1=O. The highest BCUT2D eigenvalue weighted by atomic mass is 35.5. The quantitative estimate of drug-likeness (QED) is 0.887. The van der Waals surface area contributed by atoms with Crippen LogP contribution < -0.4 is 16.2 Å². The minimum atomic E-state index is -0.180. The Balaban J connectivity index is 1.65. The number of hydrogen-bond donors (Lipinski definition) is 2. The van der Waals surface area contributed by atoms with E-state index in [1.165, 1.54) is 17.5 Å². The van der Waals surface area contributed by atoms with Crippen molar-refractivity contribution in [3.63, 3.8) is 0 Å². The fourth-order valence-electron chi connectivity index (χ4n) is 3.31. The minimum absolute atomic E-state index is 0.0517. The Labute approximate surface area is 135 Å². The first-order valence-corrected chi connectivity index (χ1v) is 8.25. The van der Waals surface area contributed by atoms with Crippen LogP contribution >= 0.6 is 11.6 Å². The van der Waals surface area contributed by atoms with E-state index in [9.17, 15) is 4.79 Å². The summed E-state index contributed by atoms with van der Waals surface area (Å²) in [6, 6.07) is 1.57. The van der Waals surface area contributed by atoms with Crippen molar-refractivity contribution in [2.45, 2.75) is 31.8 Å². The lowest BCUT2D eigenvalue weighted by Crippen LogP contribution is -2.35. The predicted octanol–water partition coefficient (Wildman–Crippen LogP) is 1.65. The molecule has 1 aromatic rings. The van der Waals surface area contributed by atoms with Crippen molar-refractivity contribution >= 4 is 23.5 Å². The maximum Gasteiger partial charge on any atom is 0.289 e. The number of aromatic nitrogens is 2. The number of rotatable bonds is 3. The van der Waals surface area contributed by atoms with E-state index in [-0.39, 0.29) is 11.7 Å². The fourth-order valence-corrected chi connectivity index (χ4v) is 3.53. The summed E-state index contributed by atoms with van der Waals surface area (Å²) in [6.07, 6.45) is 6.55. The Kier molecular flexibility index (Phi) is 4.78. The molecule has 1 saturated heterocycles. The number of hydrogen-bond acceptors (Lipinski definition) is 5. The van der Waals surface area contributed by atoms with E-state index in [1.807, 2.05) is 0 Å². The molecule has 0 spiro atoms. The average molecular weight is 324 g/mol. The van der Waals surface area contributed by atoms with Crippen molar-refractivity contribution in [2.24, 2.45) is 23.9 Å². The summed E-state index contributed by atoms with van der Waals surface area (Å²) in [5.74, 6) is 1.32. The zero-order valence-corrected chi connectivity index (χ0v) is 13.5. The molecule has 1 fully saturated rings. The summed E-state index contributed by atoms with van der Waals surface area (Å²) < 4.78 is 1.25. The van der Waals surface area contributed by atoms with Crippen LogP contribution in [0.15, 0.2) is 15.9 Å². The molecule has 6 nitrogen and oxygen atoms in total. The molecule has 0 bridgehead atoms. The van der Waals surface area contributed by atoms with Crippen LogP contribution in [0.3, 0.4) is 0 Å². The molecule has 2 N–H and O–H groups in total. The second-order valence-corrected chi connectivity index (χ2v) is 6.48. The number of aryl methyl sites for hydroxylation is 1. The van der Waals surface area contributed by atoms with E-state index >= 15 is 0 Å². The molecule has 22 heavy (non-hydrogen) atoms. The van der Waals surface area contributed by atoms with Gasteiger partial charge in [0.05, 0.1) is 0 Å². The van der Waals surface area contributed by atoms with E-state index in [2.05, 4.69) is 26.9 Å². The highest BCUT2D eigenvalue weighted by Gasteiger charge is 2.26. The second kappa shape index (κ2) is 6.79. The summed E-state index contributed by atoms with van der Waals surface area (Å²) in [5, 5.41) is 10.8. The van der Waals surface area contributed by atoms with Crippen LogP contribution in [0.1, 0.15) is 25.7 Å². The van der Waals surface area contributed by atoms with Crippen molar-refractivity contribution in [2.75, 3.05) is 18.4 Å². The van der Waals surface area contributed by atoms with Gasteiger partial charge in [-0.25, -0.2) is 4.68 Å². The van der Waals surface area contributed by atoms with E-state index in [4.69, 9.17) is 11.6 Å². The number of aliphatic imine (C=N–C) groups is 1. The lowest BCUT2D eigenvalue weighted by Gasteiger charge is -2.32. The average Bonchev–Trinajstić information content (AvgIpc) is 2.54. The zero-order chi connectivity index (χ0) is 15.5. The van der Waals surface area contributed by atoms with Gasteiger partial charge in [-0.15, -0.1) is 0 Å². The monoisotopic (exact) mass is 323 g/mol. The molecule has 0 aliphatic carbocycles. The van der Waals surface area contributed by atoms with Crippen molar-refractivity contribution < 1.29 is 0 Å². The van der Waals surface area contributed by atoms with Crippen LogP contribution in [0.5, 0.6) is 0 Å². The largest absolute Gasteiger partial charge is 0.359 e. The molecule has 2 aliphatic heterocycles. The lowest BCUT2D eigenvalue weighted by molar-refractivity contribution is 0.292. The molecular formula is C15H22ClN5O. The van der Waals surface area contributed by atoms with Crippen molar-refractivity contribution in [1.29, 1.82) is 0 Å². The van der Waals surface area contributed by atoms with Crippen molar-refractivity contribution in [3.8, 4) is 0 Å². The van der Waals surface area contributed by atoms with Gasteiger partial charge in [0.25, 0.3) is 5.56 Å². The molecule has 2 unspecified atom stereocenters. The van der Waals surface area contributed by atoms with E-state index in [0.29, 0.717) is 16.8 Å². The Hall–Kier alpha value is -1.40. The second-order valence-electron chi connectivity index (χ2n) is 6.10. The topological polar surface area (TPSA) is 71.3 Å². The van der Waals surface area contributed by atoms with E-state index in [0.717, 1.165) is 31.8 Å². The fraction of sp³-hybridized carbons (Fsp3) is 0.667. The zero-order valence-electron chi connectivity index (χ0n) is 12.8. The molecule has 120 valence electrons. The number of nitrogens with zero attached hydrogens (tertiary/aromatic N) is 3. The van der Waals surface area contributed by atoms with Crippen LogP contribution in [0, 0.1) is 11.8 Å². The molecule has 3 rings (SSSR count). The first-order valence-electron chi connectivity index (χ1n) is 7.88. The molecular weight excluding hydrogens is 302 g/mol. The summed E-state index contributed by atoms with van der Waals surface area (Å²) in [7, 11) is 1.59. The van der Waals surface area contributed by atoms with Gasteiger partial charge in [-0.1, -0.05) is 11.6 Å². The summed E-state index contributed by atoms with van der Waals surface area (Å²) in [5.41, 5.74) is 0.282. The first-order chi connectivity index (χ1) is 10.6. The van der Waals surface area contributed by atoms with Crippen molar-refractivity contribution in [1.82, 2.24) is 15.1 Å². The number of piperidine rings is 1. The number of anilines is 1. The molecule has 7 heteroatoms. The Morgan fingerprint density at radius 2 is 2.09 bits per heavy atom. The number of halogens is 1. The van der Waals surface area contributed by atoms with Gasteiger partial charge in [0.15, 0.2) is 5.15 Å². The van der Waals surface area contributed by atoms with Crippen LogP contribution in [0.2, 0.25) is 5.15 Å². The summed E-state index contributed by atoms with van der Waals surface area (Å²) in [6.45, 7) is 2.23. The molecule has 0 aromatic carbocycles. The van der Waals surface area contributed by atoms with Gasteiger partial charge in [-0.2, -0.15) is 5.10 Å². The predicted molar refractivity (Wildman–Crippen MR) is 88.7 cm³/mol. The van der Waals surface area contributed by atoms with Gasteiger partial charge >= 0.3 is 0 Å². The van der Waals surface area contributed by atoms with Crippen LogP contribution in [-0.4, -0.2) is 35.3 Å². The summed E-state index contributed by atoms with van der Waals surface area (Å²) in [4.78, 5) is 16.6. The smallest absolute Gasteiger partial charge is 0.289 e. The molecule has 0 radical (unpaired) electrons. The van der Waals surface area contributed by atoms with Gasteiger partial charge in [-0.3, -0.25) is 9.79 Å². The third-order valence-corrected chi connectivity index (χ3v) is 4.76. The summed E-state index contributed by atoms with van der Waals surface area (Å²) >= 11 is 5.91. The third kappa shape index (κ3) is 3.50. The van der Waals surface area contributed by atoms with Gasteiger partial charge in [-0.05, 0) is 50.6 Å². The Morgan fingerprint density at radius 1 is 1.32 bits per heavy atom. The molecule has 2 aliphatic rings. The van der Waals surface area contributed by atoms with E-state index < -0.39 is 0 Å². The minimum Gasteiger partial charge on any atom is -0.359 e. The van der Waals surface area contributed by atoms with Gasteiger partial charge in [0.1, 0.15) is 11.9 Å².